The summed E-state index contributed by atoms with van der Waals surface area (Å²) >= 11 is 6.31. The van der Waals surface area contributed by atoms with Gasteiger partial charge < -0.3 is 15.4 Å². The van der Waals surface area contributed by atoms with Gasteiger partial charge in [-0.15, -0.1) is 0 Å². The van der Waals surface area contributed by atoms with Crippen LogP contribution < -0.4 is 5.32 Å². The zero-order valence-corrected chi connectivity index (χ0v) is 21.1. The molecule has 4 saturated carbocycles. The van der Waals surface area contributed by atoms with Crippen molar-refractivity contribution in [1.29, 1.82) is 0 Å². The van der Waals surface area contributed by atoms with Crippen molar-refractivity contribution in [3.05, 3.63) is 38.3 Å². The third-order valence-corrected chi connectivity index (χ3v) is 8.93. The first kappa shape index (κ1) is 23.3. The Morgan fingerprint density at radius 1 is 1.29 bits per heavy atom. The number of rotatable bonds is 7. The van der Waals surface area contributed by atoms with Crippen LogP contribution >= 0.6 is 11.6 Å². The predicted octanol–water partition coefficient (Wildman–Crippen LogP) is 4.84. The lowest BCUT2D eigenvalue weighted by molar-refractivity contribution is -0.389. The Balaban J connectivity index is 1.38. The zero-order chi connectivity index (χ0) is 24.4. The maximum absolute atomic E-state index is 13.3. The van der Waals surface area contributed by atoms with Crippen molar-refractivity contribution in [3.63, 3.8) is 0 Å². The van der Waals surface area contributed by atoms with E-state index in [-0.39, 0.29) is 33.7 Å². The van der Waals surface area contributed by atoms with Crippen molar-refractivity contribution in [2.45, 2.75) is 90.8 Å². The van der Waals surface area contributed by atoms with Crippen LogP contribution in [0.4, 0.5) is 5.82 Å². The number of carbonyl (C=O) groups is 1. The molecule has 0 aromatic carbocycles. The van der Waals surface area contributed by atoms with Crippen LogP contribution in [0, 0.1) is 41.2 Å². The van der Waals surface area contributed by atoms with Gasteiger partial charge in [-0.05, 0) is 88.4 Å². The fourth-order valence-electron chi connectivity index (χ4n) is 7.73. The van der Waals surface area contributed by atoms with Crippen LogP contribution in [0.25, 0.3) is 0 Å². The van der Waals surface area contributed by atoms with Crippen molar-refractivity contribution in [2.24, 2.45) is 17.3 Å². The minimum Gasteiger partial charge on any atom is -0.358 e. The van der Waals surface area contributed by atoms with E-state index in [4.69, 9.17) is 11.6 Å². The molecule has 2 aromatic heterocycles. The fourth-order valence-corrected chi connectivity index (χ4v) is 7.92. The van der Waals surface area contributed by atoms with Crippen molar-refractivity contribution >= 4 is 23.3 Å². The molecule has 184 valence electrons. The molecule has 4 bridgehead atoms. The van der Waals surface area contributed by atoms with E-state index in [0.717, 1.165) is 49.9 Å². The van der Waals surface area contributed by atoms with E-state index in [2.05, 4.69) is 15.5 Å². The van der Waals surface area contributed by atoms with Crippen LogP contribution in [0.15, 0.2) is 6.20 Å². The molecule has 34 heavy (non-hydrogen) atoms. The molecule has 9 nitrogen and oxygen atoms in total. The number of carbonyl (C=O) groups excluding carboxylic acids is 1. The predicted molar refractivity (Wildman–Crippen MR) is 128 cm³/mol. The molecule has 2 aromatic rings. The second kappa shape index (κ2) is 8.07. The molecule has 3 atom stereocenters. The minimum absolute atomic E-state index is 0.0643. The van der Waals surface area contributed by atoms with Gasteiger partial charge in [0.05, 0.1) is 28.1 Å². The third-order valence-electron chi connectivity index (χ3n) is 8.49. The van der Waals surface area contributed by atoms with Crippen molar-refractivity contribution in [2.75, 3.05) is 0 Å². The van der Waals surface area contributed by atoms with Gasteiger partial charge in [0.15, 0.2) is 5.02 Å². The zero-order valence-electron chi connectivity index (χ0n) is 20.3. The van der Waals surface area contributed by atoms with Crippen LogP contribution in [0.1, 0.15) is 81.8 Å². The number of hydrogen-bond donors (Lipinski definition) is 1. The largest absolute Gasteiger partial charge is 0.408 e. The highest BCUT2D eigenvalue weighted by molar-refractivity contribution is 6.33. The van der Waals surface area contributed by atoms with Crippen LogP contribution in [-0.4, -0.2) is 30.4 Å². The Morgan fingerprint density at radius 2 is 1.97 bits per heavy atom. The number of nitrogens with zero attached hydrogens (tertiary/aromatic N) is 5. The van der Waals surface area contributed by atoms with E-state index in [1.165, 1.54) is 6.42 Å². The van der Waals surface area contributed by atoms with Crippen molar-refractivity contribution in [1.82, 2.24) is 24.9 Å². The summed E-state index contributed by atoms with van der Waals surface area (Å²) in [5.74, 6) is 0.823. The summed E-state index contributed by atoms with van der Waals surface area (Å²) in [5.41, 5.74) is 2.25. The molecule has 0 spiro atoms. The SMILES string of the molecule is CCn1cc(C(C)NC(=O)CC23CC4CC(C2)CC(n2nc([N+](=O)[O-])c(Cl)c2C)(C4)C3)c(C)n1. The number of hydrogen-bond acceptors (Lipinski definition) is 5. The summed E-state index contributed by atoms with van der Waals surface area (Å²) in [6.45, 7) is 8.65. The molecule has 2 heterocycles. The molecule has 1 N–H and O–H groups in total. The van der Waals surface area contributed by atoms with E-state index in [0.29, 0.717) is 24.0 Å². The second-order valence-electron chi connectivity index (χ2n) is 11.1. The van der Waals surface area contributed by atoms with Gasteiger partial charge in [0.25, 0.3) is 0 Å². The van der Waals surface area contributed by atoms with Gasteiger partial charge in [-0.1, -0.05) is 11.6 Å². The number of amides is 1. The molecule has 6 rings (SSSR count). The molecule has 4 fully saturated rings. The van der Waals surface area contributed by atoms with Gasteiger partial charge in [-0.25, -0.2) is 0 Å². The average molecular weight is 489 g/mol. The molecular weight excluding hydrogens is 456 g/mol. The van der Waals surface area contributed by atoms with Crippen LogP contribution in [-0.2, 0) is 16.9 Å². The minimum atomic E-state index is -0.500. The second-order valence-corrected chi connectivity index (χ2v) is 11.4. The molecule has 0 radical (unpaired) electrons. The average Bonchev–Trinajstić information content (AvgIpc) is 3.26. The molecule has 4 aliphatic carbocycles. The molecule has 0 saturated heterocycles. The van der Waals surface area contributed by atoms with Gasteiger partial charge in [0.2, 0.25) is 5.91 Å². The lowest BCUT2D eigenvalue weighted by atomic mass is 9.46. The Bertz CT molecular complexity index is 1140. The lowest BCUT2D eigenvalue weighted by Gasteiger charge is -2.61. The summed E-state index contributed by atoms with van der Waals surface area (Å²) in [6, 6.07) is -0.106. The maximum atomic E-state index is 13.3. The smallest absolute Gasteiger partial charge is 0.358 e. The van der Waals surface area contributed by atoms with E-state index >= 15 is 0 Å². The first-order valence-electron chi connectivity index (χ1n) is 12.3. The lowest BCUT2D eigenvalue weighted by Crippen LogP contribution is -2.58. The number of aromatic nitrogens is 4. The van der Waals surface area contributed by atoms with Crippen molar-refractivity contribution < 1.29 is 9.72 Å². The molecule has 10 heteroatoms. The van der Waals surface area contributed by atoms with Crippen LogP contribution in [0.3, 0.4) is 0 Å². The third kappa shape index (κ3) is 3.72. The number of halogens is 1. The van der Waals surface area contributed by atoms with Crippen LogP contribution in [0.5, 0.6) is 0 Å². The Kier molecular flexibility index (Phi) is 5.54. The summed E-state index contributed by atoms with van der Waals surface area (Å²) in [5, 5.41) is 23.7. The van der Waals surface area contributed by atoms with Gasteiger partial charge in [-0.3, -0.25) is 9.48 Å². The number of nitrogens with one attached hydrogen (secondary N) is 1. The summed E-state index contributed by atoms with van der Waals surface area (Å²) < 4.78 is 3.75. The van der Waals surface area contributed by atoms with Gasteiger partial charge in [0.1, 0.15) is 0 Å². The van der Waals surface area contributed by atoms with Gasteiger partial charge in [0, 0.05) is 24.7 Å². The number of nitro groups is 1. The van der Waals surface area contributed by atoms with Crippen molar-refractivity contribution in [3.8, 4) is 0 Å². The Morgan fingerprint density at radius 3 is 2.53 bits per heavy atom. The van der Waals surface area contributed by atoms with E-state index < -0.39 is 4.92 Å². The molecular formula is C24H33ClN6O3. The van der Waals surface area contributed by atoms with E-state index in [9.17, 15) is 14.9 Å². The van der Waals surface area contributed by atoms with Gasteiger partial charge >= 0.3 is 5.82 Å². The van der Waals surface area contributed by atoms with Gasteiger partial charge in [-0.2, -0.15) is 9.78 Å². The normalized spacial score (nSPS) is 30.5. The number of aryl methyl sites for hydroxylation is 2. The first-order chi connectivity index (χ1) is 16.0. The summed E-state index contributed by atoms with van der Waals surface area (Å²) in [6.07, 6.45) is 8.46. The highest BCUT2D eigenvalue weighted by Gasteiger charge is 2.60. The molecule has 4 aliphatic rings. The maximum Gasteiger partial charge on any atom is 0.408 e. The molecule has 1 amide bonds. The summed E-state index contributed by atoms with van der Waals surface area (Å²) in [7, 11) is 0. The monoisotopic (exact) mass is 488 g/mol. The van der Waals surface area contributed by atoms with Crippen LogP contribution in [0.2, 0.25) is 5.02 Å². The molecule has 0 aliphatic heterocycles. The summed E-state index contributed by atoms with van der Waals surface area (Å²) in [4.78, 5) is 24.3. The van der Waals surface area contributed by atoms with E-state index in [1.54, 1.807) is 0 Å². The topological polar surface area (TPSA) is 108 Å². The Labute approximate surface area is 204 Å². The highest BCUT2D eigenvalue weighted by Crippen LogP contribution is 2.65. The highest BCUT2D eigenvalue weighted by atomic mass is 35.5. The standard InChI is InChI=1S/C24H33ClN6O3/c1-5-29-12-19(15(3)27-29)14(2)26-20(32)11-23-7-17-6-18(8-23)10-24(9-17,13-23)30-16(4)21(25)22(28-30)31(33)34/h12,14,17-18H,5-11,13H2,1-4H3,(H,26,32). The van der Waals surface area contributed by atoms with E-state index in [1.807, 2.05) is 43.3 Å². The first-order valence-corrected chi connectivity index (χ1v) is 12.7. The quantitative estimate of drug-likeness (QED) is 0.443. The fraction of sp³-hybridized carbons (Fsp3) is 0.708. The Hall–Kier alpha value is -2.42. The molecule has 3 unspecified atom stereocenters.